The number of likely N-dealkylation sites (N-methyl/N-ethyl adjacent to an activating group) is 1. The van der Waals surface area contributed by atoms with E-state index in [0.29, 0.717) is 5.78 Å². The van der Waals surface area contributed by atoms with Crippen LogP contribution in [0.3, 0.4) is 0 Å². The van der Waals surface area contributed by atoms with Crippen molar-refractivity contribution in [3.63, 3.8) is 0 Å². The predicted molar refractivity (Wildman–Crippen MR) is 77.8 cm³/mol. The van der Waals surface area contributed by atoms with Gasteiger partial charge in [-0.1, -0.05) is 46.5 Å². The maximum Gasteiger partial charge on any atom is 0.153 e. The lowest BCUT2D eigenvalue weighted by molar-refractivity contribution is -0.131. The van der Waals surface area contributed by atoms with Gasteiger partial charge in [-0.05, 0) is 38.8 Å². The third-order valence-electron chi connectivity index (χ3n) is 4.41. The van der Waals surface area contributed by atoms with Gasteiger partial charge in [-0.2, -0.15) is 0 Å². The zero-order valence-electron chi connectivity index (χ0n) is 13.0. The Labute approximate surface area is 113 Å². The topological polar surface area (TPSA) is 20.3 Å². The number of ketones is 1. The first-order valence-electron chi connectivity index (χ1n) is 7.49. The summed E-state index contributed by atoms with van der Waals surface area (Å²) >= 11 is 0. The highest BCUT2D eigenvalue weighted by molar-refractivity contribution is 5.88. The van der Waals surface area contributed by atoms with Crippen molar-refractivity contribution < 1.29 is 4.79 Å². The van der Waals surface area contributed by atoms with Crippen LogP contribution in [0, 0.1) is 5.41 Å². The summed E-state index contributed by atoms with van der Waals surface area (Å²) in [6.07, 6.45) is 8.86. The van der Waals surface area contributed by atoms with E-state index in [9.17, 15) is 4.79 Å². The highest BCUT2D eigenvalue weighted by Gasteiger charge is 2.39. The molecule has 0 aromatic heterocycles. The highest BCUT2D eigenvalue weighted by atomic mass is 16.1. The van der Waals surface area contributed by atoms with Gasteiger partial charge in [-0.25, -0.2) is 0 Å². The number of hydrogen-bond acceptors (Lipinski definition) is 2. The molecule has 0 bridgehead atoms. The Bertz CT molecular complexity index is 267. The lowest BCUT2D eigenvalue weighted by atomic mass is 9.79. The van der Waals surface area contributed by atoms with Crippen molar-refractivity contribution in [3.8, 4) is 0 Å². The zero-order valence-corrected chi connectivity index (χ0v) is 13.0. The Morgan fingerprint density at radius 3 is 1.94 bits per heavy atom. The van der Waals surface area contributed by atoms with Gasteiger partial charge >= 0.3 is 0 Å². The summed E-state index contributed by atoms with van der Waals surface area (Å²) in [5.74, 6) is 0.476. The Kier molecular flexibility index (Phi) is 5.39. The molecular weight excluding hydrogens is 222 g/mol. The minimum atomic E-state index is -0.165. The fourth-order valence-corrected chi connectivity index (χ4v) is 3.01. The van der Waals surface area contributed by atoms with Gasteiger partial charge in [0.2, 0.25) is 0 Å². The second kappa shape index (κ2) is 6.18. The molecule has 1 saturated carbocycles. The number of nitrogens with zero attached hydrogens (tertiary/aromatic N) is 1. The number of hydrogen-bond donors (Lipinski definition) is 0. The van der Waals surface area contributed by atoms with Crippen molar-refractivity contribution >= 4 is 5.78 Å². The van der Waals surface area contributed by atoms with Crippen LogP contribution in [0.2, 0.25) is 0 Å². The van der Waals surface area contributed by atoms with E-state index >= 15 is 0 Å². The smallest absolute Gasteiger partial charge is 0.153 e. The summed E-state index contributed by atoms with van der Waals surface area (Å²) in [5, 5.41) is 0. The molecule has 1 rings (SSSR count). The SMILES string of the molecule is CN(C)C1(C(=O)CCC(C)(C)C)CCCCCC1. The second-order valence-electron chi connectivity index (χ2n) is 7.32. The summed E-state index contributed by atoms with van der Waals surface area (Å²) in [6.45, 7) is 6.65. The van der Waals surface area contributed by atoms with E-state index < -0.39 is 0 Å². The van der Waals surface area contributed by atoms with Gasteiger partial charge in [0.15, 0.2) is 5.78 Å². The number of carbonyl (C=O) groups is 1. The Hall–Kier alpha value is -0.370. The molecule has 0 radical (unpaired) electrons. The van der Waals surface area contributed by atoms with E-state index in [1.807, 2.05) is 0 Å². The normalized spacial score (nSPS) is 20.8. The van der Waals surface area contributed by atoms with Crippen LogP contribution in [0.1, 0.15) is 72.1 Å². The average Bonchev–Trinajstić information content (AvgIpc) is 2.51. The minimum Gasteiger partial charge on any atom is -0.298 e. The van der Waals surface area contributed by atoms with Crippen LogP contribution in [0.15, 0.2) is 0 Å². The fourth-order valence-electron chi connectivity index (χ4n) is 3.01. The second-order valence-corrected chi connectivity index (χ2v) is 7.32. The van der Waals surface area contributed by atoms with Crippen LogP contribution in [0.25, 0.3) is 0 Å². The molecule has 1 fully saturated rings. The molecule has 0 heterocycles. The molecule has 0 aliphatic heterocycles. The molecule has 0 N–H and O–H groups in total. The molecule has 0 amide bonds. The third-order valence-corrected chi connectivity index (χ3v) is 4.41. The molecule has 0 aromatic rings. The largest absolute Gasteiger partial charge is 0.298 e. The summed E-state index contributed by atoms with van der Waals surface area (Å²) in [6, 6.07) is 0. The first-order valence-corrected chi connectivity index (χ1v) is 7.49. The number of rotatable bonds is 4. The molecule has 0 atom stereocenters. The van der Waals surface area contributed by atoms with Gasteiger partial charge in [0.25, 0.3) is 0 Å². The lowest BCUT2D eigenvalue weighted by Crippen LogP contribution is -2.51. The van der Waals surface area contributed by atoms with E-state index in [1.165, 1.54) is 25.7 Å². The summed E-state index contributed by atoms with van der Waals surface area (Å²) in [7, 11) is 4.17. The van der Waals surface area contributed by atoms with E-state index in [0.717, 1.165) is 25.7 Å². The Balaban J connectivity index is 2.74. The standard InChI is InChI=1S/C16H31NO/c1-15(2,3)13-10-14(18)16(17(4)5)11-8-6-7-9-12-16/h6-13H2,1-5H3. The van der Waals surface area contributed by atoms with Crippen LogP contribution in [0.4, 0.5) is 0 Å². The fraction of sp³-hybridized carbons (Fsp3) is 0.938. The molecule has 2 heteroatoms. The van der Waals surface area contributed by atoms with Crippen LogP contribution in [0.5, 0.6) is 0 Å². The summed E-state index contributed by atoms with van der Waals surface area (Å²) in [4.78, 5) is 14.9. The lowest BCUT2D eigenvalue weighted by Gasteiger charge is -2.38. The Morgan fingerprint density at radius 2 is 1.56 bits per heavy atom. The minimum absolute atomic E-state index is 0.165. The predicted octanol–water partition coefficient (Wildman–Crippen LogP) is 4.04. The number of carbonyl (C=O) groups excluding carboxylic acids is 1. The van der Waals surface area contributed by atoms with Crippen LogP contribution in [-0.2, 0) is 4.79 Å². The van der Waals surface area contributed by atoms with Crippen LogP contribution >= 0.6 is 0 Å². The summed E-state index contributed by atoms with van der Waals surface area (Å²) < 4.78 is 0. The first kappa shape index (κ1) is 15.7. The van der Waals surface area contributed by atoms with Crippen molar-refractivity contribution in [2.24, 2.45) is 5.41 Å². The highest BCUT2D eigenvalue weighted by Crippen LogP contribution is 2.34. The third kappa shape index (κ3) is 4.08. The van der Waals surface area contributed by atoms with Crippen molar-refractivity contribution in [1.82, 2.24) is 4.90 Å². The van der Waals surface area contributed by atoms with Gasteiger partial charge in [0.05, 0.1) is 5.54 Å². The van der Waals surface area contributed by atoms with E-state index in [4.69, 9.17) is 0 Å². The van der Waals surface area contributed by atoms with Gasteiger partial charge in [-0.3, -0.25) is 9.69 Å². The van der Waals surface area contributed by atoms with E-state index in [-0.39, 0.29) is 11.0 Å². The molecule has 2 nitrogen and oxygen atoms in total. The Morgan fingerprint density at radius 1 is 1.06 bits per heavy atom. The van der Waals surface area contributed by atoms with Crippen molar-refractivity contribution in [3.05, 3.63) is 0 Å². The van der Waals surface area contributed by atoms with Crippen LogP contribution < -0.4 is 0 Å². The molecule has 106 valence electrons. The quantitative estimate of drug-likeness (QED) is 0.705. The van der Waals surface area contributed by atoms with Gasteiger partial charge in [0.1, 0.15) is 0 Å². The molecule has 1 aliphatic carbocycles. The maximum absolute atomic E-state index is 12.7. The van der Waals surface area contributed by atoms with E-state index in [1.54, 1.807) is 0 Å². The van der Waals surface area contributed by atoms with Gasteiger partial charge < -0.3 is 0 Å². The monoisotopic (exact) mass is 253 g/mol. The average molecular weight is 253 g/mol. The summed E-state index contributed by atoms with van der Waals surface area (Å²) in [5.41, 5.74) is 0.0929. The molecular formula is C16H31NO. The number of Topliss-reactive ketones (excluding diaryl/α,β-unsaturated/α-hetero) is 1. The molecule has 0 unspecified atom stereocenters. The van der Waals surface area contributed by atoms with Crippen molar-refractivity contribution in [2.75, 3.05) is 14.1 Å². The molecule has 18 heavy (non-hydrogen) atoms. The maximum atomic E-state index is 12.7. The van der Waals surface area contributed by atoms with Crippen molar-refractivity contribution in [1.29, 1.82) is 0 Å². The molecule has 1 aliphatic rings. The first-order chi connectivity index (χ1) is 8.28. The van der Waals surface area contributed by atoms with Crippen molar-refractivity contribution in [2.45, 2.75) is 77.7 Å². The van der Waals surface area contributed by atoms with Crippen LogP contribution in [-0.4, -0.2) is 30.3 Å². The molecule has 0 spiro atoms. The van der Waals surface area contributed by atoms with Gasteiger partial charge in [0, 0.05) is 6.42 Å². The van der Waals surface area contributed by atoms with E-state index in [2.05, 4.69) is 39.8 Å². The molecule has 0 saturated heterocycles. The zero-order chi connectivity index (χ0) is 13.8. The van der Waals surface area contributed by atoms with Gasteiger partial charge in [-0.15, -0.1) is 0 Å². The molecule has 0 aromatic carbocycles.